The van der Waals surface area contributed by atoms with Gasteiger partial charge in [-0.3, -0.25) is 0 Å². The maximum atomic E-state index is 13.1. The van der Waals surface area contributed by atoms with Crippen molar-refractivity contribution in [3.05, 3.63) is 58.1 Å². The van der Waals surface area contributed by atoms with Crippen molar-refractivity contribution in [1.29, 1.82) is 0 Å². The lowest BCUT2D eigenvalue weighted by Gasteiger charge is -2.29. The lowest BCUT2D eigenvalue weighted by atomic mass is 9.84. The van der Waals surface area contributed by atoms with Gasteiger partial charge in [-0.15, -0.1) is 4.36 Å². The van der Waals surface area contributed by atoms with Gasteiger partial charge in [0, 0.05) is 17.6 Å². The summed E-state index contributed by atoms with van der Waals surface area (Å²) in [7, 11) is 0.738. The number of anilines is 1. The Labute approximate surface area is 191 Å². The van der Waals surface area contributed by atoms with Crippen molar-refractivity contribution in [3.63, 3.8) is 0 Å². The number of fused-ring (bicyclic) bond motifs is 2. The fourth-order valence-electron chi connectivity index (χ4n) is 5.26. The van der Waals surface area contributed by atoms with Gasteiger partial charge in [0.05, 0.1) is 4.90 Å². The summed E-state index contributed by atoms with van der Waals surface area (Å²) in [5.41, 5.74) is 7.01. The second-order valence-corrected chi connectivity index (χ2v) is 11.8. The summed E-state index contributed by atoms with van der Waals surface area (Å²) in [6, 6.07) is 8.98. The Kier molecular flexibility index (Phi) is 6.18. The van der Waals surface area contributed by atoms with Gasteiger partial charge in [-0.05, 0) is 92.6 Å². The first kappa shape index (κ1) is 23.0. The van der Waals surface area contributed by atoms with Gasteiger partial charge < -0.3 is 10.2 Å². The number of hydrogen-bond acceptors (Lipinski definition) is 3. The highest BCUT2D eigenvalue weighted by atomic mass is 32.2. The summed E-state index contributed by atoms with van der Waals surface area (Å²) in [5.74, 6) is 0. The standard InChI is InChI=1S/C25H34N4O2S/c1-25(2,16-29(3)4)19-11-13-20(14-12-19)32(26,31)28-24(30)27-23-21-9-5-7-17(21)15-18-8-6-10-22(18)23/h11-15H,5-10,16H2,1-4H3,(H3,26,27,28,30,31). The molecule has 7 heteroatoms. The molecule has 0 bridgehead atoms. The SMILES string of the molecule is CN(C)CC(C)(C)c1ccc(S(N)(=O)=NC(=O)Nc2c3c(cc4c2CCC4)CCC3)cc1. The van der Waals surface area contributed by atoms with Crippen LogP contribution in [0.4, 0.5) is 10.5 Å². The van der Waals surface area contributed by atoms with Crippen LogP contribution in [0.1, 0.15) is 54.5 Å². The monoisotopic (exact) mass is 454 g/mol. The zero-order valence-corrected chi connectivity index (χ0v) is 20.3. The number of amides is 2. The van der Waals surface area contributed by atoms with Crippen molar-refractivity contribution in [2.75, 3.05) is 26.0 Å². The second-order valence-electron chi connectivity index (χ2n) is 9.97. The third-order valence-corrected chi connectivity index (χ3v) is 7.99. The molecular weight excluding hydrogens is 420 g/mol. The molecule has 0 saturated heterocycles. The molecule has 0 saturated carbocycles. The van der Waals surface area contributed by atoms with Crippen LogP contribution >= 0.6 is 0 Å². The molecular formula is C25H34N4O2S. The van der Waals surface area contributed by atoms with E-state index in [1.807, 2.05) is 26.2 Å². The molecule has 2 aliphatic carbocycles. The summed E-state index contributed by atoms with van der Waals surface area (Å²) in [4.78, 5) is 15.3. The quantitative estimate of drug-likeness (QED) is 0.700. The number of aryl methyl sites for hydroxylation is 2. The first-order chi connectivity index (χ1) is 15.1. The molecule has 2 amide bonds. The van der Waals surface area contributed by atoms with Crippen LogP contribution in [-0.4, -0.2) is 35.8 Å². The third-order valence-electron chi connectivity index (χ3n) is 6.61. The number of benzene rings is 2. The zero-order valence-electron chi connectivity index (χ0n) is 19.5. The van der Waals surface area contributed by atoms with Crippen molar-refractivity contribution in [1.82, 2.24) is 4.90 Å². The van der Waals surface area contributed by atoms with Gasteiger partial charge in [0.1, 0.15) is 9.92 Å². The molecule has 4 rings (SSSR count). The molecule has 1 atom stereocenters. The average molecular weight is 455 g/mol. The molecule has 0 heterocycles. The number of rotatable bonds is 5. The van der Waals surface area contributed by atoms with Crippen molar-refractivity contribution < 1.29 is 9.00 Å². The van der Waals surface area contributed by atoms with E-state index in [1.54, 1.807) is 12.1 Å². The molecule has 2 aliphatic rings. The molecule has 32 heavy (non-hydrogen) atoms. The molecule has 0 radical (unpaired) electrons. The molecule has 2 aromatic carbocycles. The largest absolute Gasteiger partial charge is 0.354 e. The number of nitrogens with zero attached hydrogens (tertiary/aromatic N) is 2. The number of nitrogens with one attached hydrogen (secondary N) is 1. The Balaban J connectivity index is 1.58. The van der Waals surface area contributed by atoms with Crippen molar-refractivity contribution >= 4 is 21.6 Å². The summed E-state index contributed by atoms with van der Waals surface area (Å²) in [6.45, 7) is 5.20. The van der Waals surface area contributed by atoms with Crippen LogP contribution in [0.15, 0.2) is 39.6 Å². The number of urea groups is 1. The van der Waals surface area contributed by atoms with E-state index < -0.39 is 15.9 Å². The molecule has 0 aromatic heterocycles. The lowest BCUT2D eigenvalue weighted by Crippen LogP contribution is -2.32. The van der Waals surface area contributed by atoms with E-state index in [1.165, 1.54) is 22.3 Å². The average Bonchev–Trinajstić information content (AvgIpc) is 3.35. The van der Waals surface area contributed by atoms with Crippen LogP contribution in [0.5, 0.6) is 0 Å². The summed E-state index contributed by atoms with van der Waals surface area (Å²) in [5, 5.41) is 9.01. The Morgan fingerprint density at radius 1 is 1.06 bits per heavy atom. The van der Waals surface area contributed by atoms with Crippen molar-refractivity contribution in [2.45, 2.75) is 62.7 Å². The Morgan fingerprint density at radius 3 is 2.16 bits per heavy atom. The van der Waals surface area contributed by atoms with Crippen molar-refractivity contribution in [2.24, 2.45) is 9.50 Å². The maximum Gasteiger partial charge on any atom is 0.354 e. The topological polar surface area (TPSA) is 87.8 Å². The van der Waals surface area contributed by atoms with Crippen LogP contribution in [0.25, 0.3) is 0 Å². The minimum atomic E-state index is -3.34. The second kappa shape index (κ2) is 8.61. The predicted octanol–water partition coefficient (Wildman–Crippen LogP) is 4.44. The Hall–Kier alpha value is -2.22. The van der Waals surface area contributed by atoms with Crippen molar-refractivity contribution in [3.8, 4) is 0 Å². The molecule has 6 nitrogen and oxygen atoms in total. The highest BCUT2D eigenvalue weighted by molar-refractivity contribution is 7.91. The summed E-state index contributed by atoms with van der Waals surface area (Å²) >= 11 is 0. The summed E-state index contributed by atoms with van der Waals surface area (Å²) < 4.78 is 17.0. The molecule has 3 N–H and O–H groups in total. The number of likely N-dealkylation sites (N-methyl/N-ethyl adjacent to an activating group) is 1. The van der Waals surface area contributed by atoms with E-state index in [-0.39, 0.29) is 5.41 Å². The third kappa shape index (κ3) is 4.60. The highest BCUT2D eigenvalue weighted by Gasteiger charge is 2.26. The molecule has 0 spiro atoms. The lowest BCUT2D eigenvalue weighted by molar-refractivity contribution is 0.260. The first-order valence-corrected chi connectivity index (χ1v) is 12.9. The van der Waals surface area contributed by atoms with Gasteiger partial charge >= 0.3 is 6.03 Å². The van der Waals surface area contributed by atoms with E-state index in [4.69, 9.17) is 5.14 Å². The van der Waals surface area contributed by atoms with Crippen LogP contribution in [0.3, 0.4) is 0 Å². The van der Waals surface area contributed by atoms with E-state index in [9.17, 15) is 9.00 Å². The van der Waals surface area contributed by atoms with Crippen LogP contribution in [0.2, 0.25) is 0 Å². The van der Waals surface area contributed by atoms with Gasteiger partial charge in [-0.25, -0.2) is 14.1 Å². The minimum absolute atomic E-state index is 0.0694. The maximum absolute atomic E-state index is 13.1. The van der Waals surface area contributed by atoms with E-state index >= 15 is 0 Å². The van der Waals surface area contributed by atoms with Crippen LogP contribution in [-0.2, 0) is 41.0 Å². The number of nitrogens with two attached hydrogens (primary N) is 1. The molecule has 0 aliphatic heterocycles. The van der Waals surface area contributed by atoms with Crippen LogP contribution < -0.4 is 10.5 Å². The minimum Gasteiger partial charge on any atom is -0.309 e. The van der Waals surface area contributed by atoms with Gasteiger partial charge in [0.25, 0.3) is 0 Å². The van der Waals surface area contributed by atoms with Gasteiger partial charge in [-0.2, -0.15) is 0 Å². The fourth-order valence-corrected chi connectivity index (χ4v) is 6.18. The summed E-state index contributed by atoms with van der Waals surface area (Å²) in [6.07, 6.45) is 6.21. The Morgan fingerprint density at radius 2 is 1.62 bits per heavy atom. The zero-order chi connectivity index (χ0) is 23.1. The van der Waals surface area contributed by atoms with E-state index in [2.05, 4.69) is 34.5 Å². The molecule has 2 aromatic rings. The Bertz CT molecular complexity index is 1130. The number of hydrogen-bond donors (Lipinski definition) is 2. The molecule has 0 fully saturated rings. The smallest absolute Gasteiger partial charge is 0.309 e. The molecule has 172 valence electrons. The first-order valence-electron chi connectivity index (χ1n) is 11.3. The van der Waals surface area contributed by atoms with Gasteiger partial charge in [0.15, 0.2) is 0 Å². The number of carbonyl (C=O) groups excluding carboxylic acids is 1. The highest BCUT2D eigenvalue weighted by Crippen LogP contribution is 2.38. The van der Waals surface area contributed by atoms with E-state index in [0.717, 1.165) is 56.3 Å². The predicted molar refractivity (Wildman–Crippen MR) is 131 cm³/mol. The normalized spacial score (nSPS) is 17.1. The number of carbonyl (C=O) groups is 1. The van der Waals surface area contributed by atoms with Gasteiger partial charge in [-0.1, -0.05) is 32.0 Å². The van der Waals surface area contributed by atoms with Crippen LogP contribution in [0, 0.1) is 0 Å². The molecule has 1 unspecified atom stereocenters. The van der Waals surface area contributed by atoms with E-state index in [0.29, 0.717) is 4.90 Å². The van der Waals surface area contributed by atoms with Gasteiger partial charge in [0.2, 0.25) is 0 Å². The fraction of sp³-hybridized carbons (Fsp3) is 0.480.